The first kappa shape index (κ1) is 24.2. The number of aryl methyl sites for hydroxylation is 1. The zero-order chi connectivity index (χ0) is 19.5. The van der Waals surface area contributed by atoms with Gasteiger partial charge >= 0.3 is 0 Å². The molecule has 0 heterocycles. The van der Waals surface area contributed by atoms with Crippen LogP contribution in [0.5, 0.6) is 5.75 Å². The molecule has 0 aliphatic carbocycles. The molecule has 2 aromatic rings. The van der Waals surface area contributed by atoms with Crippen LogP contribution in [-0.2, 0) is 13.0 Å². The summed E-state index contributed by atoms with van der Waals surface area (Å²) in [6.07, 6.45) is 0.134. The zero-order valence-electron chi connectivity index (χ0n) is 16.9. The van der Waals surface area contributed by atoms with E-state index in [1.807, 2.05) is 50.2 Å². The summed E-state index contributed by atoms with van der Waals surface area (Å²) < 4.78 is 5.72. The lowest BCUT2D eigenvalue weighted by molar-refractivity contribution is 0.177. The van der Waals surface area contributed by atoms with Crippen molar-refractivity contribution < 1.29 is 9.84 Å². The van der Waals surface area contributed by atoms with E-state index in [0.717, 1.165) is 23.4 Å². The fourth-order valence-corrected chi connectivity index (χ4v) is 2.76. The minimum absolute atomic E-state index is 0. The maximum atomic E-state index is 10.3. The number of benzene rings is 2. The molecule has 5 nitrogen and oxygen atoms in total. The number of aliphatic hydroxyl groups is 1. The number of guanidine groups is 1. The van der Waals surface area contributed by atoms with Gasteiger partial charge in [0.05, 0.1) is 19.3 Å². The van der Waals surface area contributed by atoms with Crippen molar-refractivity contribution in [2.45, 2.75) is 39.8 Å². The highest BCUT2D eigenvalue weighted by molar-refractivity contribution is 14.0. The predicted octanol–water partition coefficient (Wildman–Crippen LogP) is 3.67. The van der Waals surface area contributed by atoms with Crippen LogP contribution in [0.15, 0.2) is 53.5 Å². The van der Waals surface area contributed by atoms with Gasteiger partial charge in [-0.3, -0.25) is 0 Å². The number of hydrogen-bond acceptors (Lipinski definition) is 3. The molecule has 1 atom stereocenters. The van der Waals surface area contributed by atoms with Crippen molar-refractivity contribution in [3.63, 3.8) is 0 Å². The Morgan fingerprint density at radius 2 is 1.86 bits per heavy atom. The molecule has 0 radical (unpaired) electrons. The molecule has 0 amide bonds. The van der Waals surface area contributed by atoms with Gasteiger partial charge in [-0.15, -0.1) is 24.0 Å². The molecule has 6 heteroatoms. The van der Waals surface area contributed by atoms with Gasteiger partial charge in [0, 0.05) is 25.1 Å². The topological polar surface area (TPSA) is 65.9 Å². The molecule has 0 bridgehead atoms. The average molecular weight is 497 g/mol. The molecule has 0 aliphatic heterocycles. The lowest BCUT2D eigenvalue weighted by Crippen LogP contribution is -2.41. The van der Waals surface area contributed by atoms with Crippen molar-refractivity contribution in [3.05, 3.63) is 65.2 Å². The third-order valence-electron chi connectivity index (χ3n) is 4.09. The van der Waals surface area contributed by atoms with Crippen molar-refractivity contribution in [2.24, 2.45) is 4.99 Å². The molecule has 28 heavy (non-hydrogen) atoms. The maximum absolute atomic E-state index is 10.3. The molecular formula is C22H32IN3O2. The molecular weight excluding hydrogens is 465 g/mol. The third-order valence-corrected chi connectivity index (χ3v) is 4.09. The number of nitrogens with zero attached hydrogens (tertiary/aromatic N) is 1. The minimum Gasteiger partial charge on any atom is -0.494 e. The summed E-state index contributed by atoms with van der Waals surface area (Å²) in [5.41, 5.74) is 3.33. The molecule has 1 unspecified atom stereocenters. The van der Waals surface area contributed by atoms with E-state index in [-0.39, 0.29) is 24.0 Å². The molecule has 0 saturated carbocycles. The van der Waals surface area contributed by atoms with Crippen molar-refractivity contribution in [3.8, 4) is 5.75 Å². The number of ether oxygens (including phenoxy) is 1. The number of nitrogens with one attached hydrogen (secondary N) is 2. The van der Waals surface area contributed by atoms with Gasteiger partial charge in [-0.1, -0.05) is 42.5 Å². The van der Waals surface area contributed by atoms with E-state index in [1.54, 1.807) is 0 Å². The maximum Gasteiger partial charge on any atom is 0.191 e. The Bertz CT molecular complexity index is 723. The average Bonchev–Trinajstić information content (AvgIpc) is 2.66. The highest BCUT2D eigenvalue weighted by Crippen LogP contribution is 2.21. The molecule has 0 aromatic heterocycles. The number of aliphatic imine (C=N–C) groups is 1. The first-order valence-corrected chi connectivity index (χ1v) is 9.58. The van der Waals surface area contributed by atoms with Crippen molar-refractivity contribution >= 4 is 29.9 Å². The van der Waals surface area contributed by atoms with E-state index in [9.17, 15) is 5.11 Å². The second-order valence-corrected chi connectivity index (χ2v) is 6.46. The Hall–Kier alpha value is -1.80. The first-order valence-electron chi connectivity index (χ1n) is 9.58. The Morgan fingerprint density at radius 1 is 1.11 bits per heavy atom. The van der Waals surface area contributed by atoms with Gasteiger partial charge in [-0.05, 0) is 38.0 Å². The number of halogens is 1. The van der Waals surface area contributed by atoms with E-state index < -0.39 is 6.10 Å². The fraction of sp³-hybridized carbons (Fsp3) is 0.409. The molecule has 0 spiro atoms. The Balaban J connectivity index is 0.00000392. The van der Waals surface area contributed by atoms with Crippen molar-refractivity contribution in [1.82, 2.24) is 10.6 Å². The molecule has 3 N–H and O–H groups in total. The number of rotatable bonds is 9. The van der Waals surface area contributed by atoms with Crippen LogP contribution >= 0.6 is 24.0 Å². The van der Waals surface area contributed by atoms with Crippen LogP contribution in [0.3, 0.4) is 0 Å². The molecule has 0 fully saturated rings. The Labute approximate surface area is 185 Å². The molecule has 0 aliphatic rings. The molecule has 2 rings (SSSR count). The largest absolute Gasteiger partial charge is 0.494 e. The summed E-state index contributed by atoms with van der Waals surface area (Å²) in [5, 5.41) is 16.7. The summed E-state index contributed by atoms with van der Waals surface area (Å²) >= 11 is 0. The van der Waals surface area contributed by atoms with Crippen molar-refractivity contribution in [1.29, 1.82) is 0 Å². The van der Waals surface area contributed by atoms with E-state index in [0.29, 0.717) is 32.1 Å². The van der Waals surface area contributed by atoms with Crippen LogP contribution in [0.1, 0.15) is 30.5 Å². The second kappa shape index (κ2) is 13.4. The van der Waals surface area contributed by atoms with Gasteiger partial charge in [-0.25, -0.2) is 4.99 Å². The fourth-order valence-electron chi connectivity index (χ4n) is 2.76. The highest BCUT2D eigenvalue weighted by Gasteiger charge is 2.08. The van der Waals surface area contributed by atoms with Gasteiger partial charge in [0.2, 0.25) is 0 Å². The first-order chi connectivity index (χ1) is 13.1. The predicted molar refractivity (Wildman–Crippen MR) is 127 cm³/mol. The van der Waals surface area contributed by atoms with Crippen LogP contribution in [0.4, 0.5) is 0 Å². The van der Waals surface area contributed by atoms with Gasteiger partial charge in [0.15, 0.2) is 5.96 Å². The van der Waals surface area contributed by atoms with Crippen molar-refractivity contribution in [2.75, 3.05) is 19.7 Å². The SMILES string of the molecule is CCNC(=NCc1ccc(C)cc1OCC)NCC(O)Cc1ccccc1.I. The lowest BCUT2D eigenvalue weighted by atomic mass is 10.1. The van der Waals surface area contributed by atoms with Crippen LogP contribution < -0.4 is 15.4 Å². The van der Waals surface area contributed by atoms with Gasteiger partial charge < -0.3 is 20.5 Å². The van der Waals surface area contributed by atoms with E-state index in [4.69, 9.17) is 4.74 Å². The minimum atomic E-state index is -0.477. The highest BCUT2D eigenvalue weighted by atomic mass is 127. The summed E-state index contributed by atoms with van der Waals surface area (Å²) in [5.74, 6) is 1.56. The second-order valence-electron chi connectivity index (χ2n) is 6.46. The number of aliphatic hydroxyl groups excluding tert-OH is 1. The number of hydrogen-bond donors (Lipinski definition) is 3. The smallest absolute Gasteiger partial charge is 0.191 e. The molecule has 2 aromatic carbocycles. The Morgan fingerprint density at radius 3 is 2.54 bits per heavy atom. The monoisotopic (exact) mass is 497 g/mol. The van der Waals surface area contributed by atoms with Crippen LogP contribution in [0, 0.1) is 6.92 Å². The summed E-state index contributed by atoms with van der Waals surface area (Å²) in [7, 11) is 0. The summed E-state index contributed by atoms with van der Waals surface area (Å²) in [4.78, 5) is 4.64. The molecule has 154 valence electrons. The van der Waals surface area contributed by atoms with Gasteiger partial charge in [-0.2, -0.15) is 0 Å². The summed E-state index contributed by atoms with van der Waals surface area (Å²) in [6.45, 7) is 8.39. The standard InChI is InChI=1S/C22H31N3O2.HI/c1-4-23-22(25-16-20(26)14-18-9-7-6-8-10-18)24-15-19-12-11-17(3)13-21(19)27-5-2;/h6-13,20,26H,4-5,14-16H2,1-3H3,(H2,23,24,25);1H. The van der Waals surface area contributed by atoms with Gasteiger partial charge in [0.1, 0.15) is 5.75 Å². The lowest BCUT2D eigenvalue weighted by Gasteiger charge is -2.16. The van der Waals surface area contributed by atoms with E-state index >= 15 is 0 Å². The zero-order valence-corrected chi connectivity index (χ0v) is 19.3. The van der Waals surface area contributed by atoms with E-state index in [2.05, 4.69) is 34.7 Å². The third kappa shape index (κ3) is 8.48. The van der Waals surface area contributed by atoms with Gasteiger partial charge in [0.25, 0.3) is 0 Å². The molecule has 0 saturated heterocycles. The normalized spacial score (nSPS) is 12.1. The Kier molecular flexibility index (Phi) is 11.6. The van der Waals surface area contributed by atoms with E-state index in [1.165, 1.54) is 5.56 Å². The summed E-state index contributed by atoms with van der Waals surface area (Å²) in [6, 6.07) is 16.2. The van der Waals surface area contributed by atoms with Crippen LogP contribution in [-0.4, -0.2) is 36.9 Å². The quantitative estimate of drug-likeness (QED) is 0.281. The van der Waals surface area contributed by atoms with Crippen LogP contribution in [0.2, 0.25) is 0 Å². The van der Waals surface area contributed by atoms with Crippen LogP contribution in [0.25, 0.3) is 0 Å².